The van der Waals surface area contributed by atoms with Crippen LogP contribution >= 0.6 is 0 Å². The van der Waals surface area contributed by atoms with Crippen molar-refractivity contribution in [1.29, 1.82) is 0 Å². The minimum atomic E-state index is 0.270. The van der Waals surface area contributed by atoms with Gasteiger partial charge >= 0.3 is 0 Å². The highest BCUT2D eigenvalue weighted by atomic mass is 15.4. The Hall–Kier alpha value is -1.94. The molecule has 1 aromatic carbocycles. The molecule has 0 spiro atoms. The van der Waals surface area contributed by atoms with E-state index in [9.17, 15) is 0 Å². The van der Waals surface area contributed by atoms with E-state index in [0.717, 1.165) is 11.7 Å². The van der Waals surface area contributed by atoms with E-state index >= 15 is 0 Å². The second-order valence-electron chi connectivity index (χ2n) is 8.24. The average molecular weight is 365 g/mol. The zero-order chi connectivity index (χ0) is 18.8. The third kappa shape index (κ3) is 3.60. The van der Waals surface area contributed by atoms with Gasteiger partial charge in [-0.3, -0.25) is 4.90 Å². The quantitative estimate of drug-likeness (QED) is 0.687. The van der Waals surface area contributed by atoms with E-state index in [1.165, 1.54) is 68.4 Å². The molecule has 0 bridgehead atoms. The summed E-state index contributed by atoms with van der Waals surface area (Å²) in [7, 11) is 0. The van der Waals surface area contributed by atoms with E-state index in [0.29, 0.717) is 0 Å². The Bertz CT molecular complexity index is 793. The molecule has 2 unspecified atom stereocenters. The highest BCUT2D eigenvalue weighted by Crippen LogP contribution is 2.38. The van der Waals surface area contributed by atoms with Gasteiger partial charge in [-0.25, -0.2) is 9.67 Å². The maximum atomic E-state index is 4.80. The fourth-order valence-electron chi connectivity index (χ4n) is 4.84. The Morgan fingerprint density at radius 3 is 2.52 bits per heavy atom. The van der Waals surface area contributed by atoms with Crippen molar-refractivity contribution in [2.75, 3.05) is 13.1 Å². The first kappa shape index (κ1) is 18.4. The molecule has 0 amide bonds. The third-order valence-electron chi connectivity index (χ3n) is 6.46. The number of rotatable bonds is 5. The van der Waals surface area contributed by atoms with Crippen LogP contribution in [0.15, 0.2) is 36.2 Å². The van der Waals surface area contributed by atoms with E-state index in [-0.39, 0.29) is 6.04 Å². The smallest absolute Gasteiger partial charge is 0.153 e. The Morgan fingerprint density at radius 2 is 1.89 bits per heavy atom. The number of aromatic nitrogens is 3. The molecule has 1 aliphatic carbocycles. The molecule has 4 rings (SSSR count). The molecule has 4 heteroatoms. The Morgan fingerprint density at radius 1 is 1.15 bits per heavy atom. The molecule has 2 aliphatic rings. The van der Waals surface area contributed by atoms with Crippen molar-refractivity contribution in [2.45, 2.75) is 65.3 Å². The van der Waals surface area contributed by atoms with Crippen molar-refractivity contribution in [1.82, 2.24) is 19.7 Å². The number of allylic oxidation sites excluding steroid dienone is 1. The SMILES string of the molecule is CCC1CC=C(C(c2ncnn2-c2c(C)cccc2C)N2CCCC2)CC1. The van der Waals surface area contributed by atoms with Gasteiger partial charge in [0.2, 0.25) is 0 Å². The highest BCUT2D eigenvalue weighted by molar-refractivity contribution is 5.47. The van der Waals surface area contributed by atoms with E-state index in [4.69, 9.17) is 4.98 Å². The minimum absolute atomic E-state index is 0.270. The number of benzene rings is 1. The molecule has 1 saturated heterocycles. The van der Waals surface area contributed by atoms with Gasteiger partial charge in [-0.05, 0) is 81.7 Å². The minimum Gasteiger partial charge on any atom is -0.290 e. The molecular weight excluding hydrogens is 332 g/mol. The maximum Gasteiger partial charge on any atom is 0.153 e. The lowest BCUT2D eigenvalue weighted by atomic mass is 9.84. The lowest BCUT2D eigenvalue weighted by Gasteiger charge is -2.32. The molecule has 0 radical (unpaired) electrons. The van der Waals surface area contributed by atoms with Gasteiger partial charge < -0.3 is 0 Å². The Kier molecular flexibility index (Phi) is 5.44. The predicted molar refractivity (Wildman–Crippen MR) is 110 cm³/mol. The number of nitrogens with zero attached hydrogens (tertiary/aromatic N) is 4. The summed E-state index contributed by atoms with van der Waals surface area (Å²) in [5, 5.41) is 4.68. The average Bonchev–Trinajstić information content (AvgIpc) is 3.36. The van der Waals surface area contributed by atoms with Gasteiger partial charge in [-0.1, -0.05) is 37.6 Å². The molecule has 144 valence electrons. The first-order valence-corrected chi connectivity index (χ1v) is 10.6. The van der Waals surface area contributed by atoms with Crippen LogP contribution in [0.3, 0.4) is 0 Å². The second kappa shape index (κ2) is 7.97. The first-order valence-electron chi connectivity index (χ1n) is 10.6. The third-order valence-corrected chi connectivity index (χ3v) is 6.46. The summed E-state index contributed by atoms with van der Waals surface area (Å²) in [6.45, 7) is 8.99. The number of hydrogen-bond acceptors (Lipinski definition) is 3. The largest absolute Gasteiger partial charge is 0.290 e. The number of aryl methyl sites for hydroxylation is 2. The molecule has 1 aromatic heterocycles. The zero-order valence-corrected chi connectivity index (χ0v) is 17.0. The Balaban J connectivity index is 1.76. The van der Waals surface area contributed by atoms with Crippen LogP contribution in [0.4, 0.5) is 0 Å². The molecule has 0 N–H and O–H groups in total. The molecule has 2 heterocycles. The normalized spacial score (nSPS) is 22.0. The van der Waals surface area contributed by atoms with Crippen LogP contribution in [-0.4, -0.2) is 32.8 Å². The molecule has 1 aliphatic heterocycles. The van der Waals surface area contributed by atoms with Crippen molar-refractivity contribution >= 4 is 0 Å². The molecule has 4 nitrogen and oxygen atoms in total. The van der Waals surface area contributed by atoms with Crippen molar-refractivity contribution in [3.63, 3.8) is 0 Å². The molecule has 27 heavy (non-hydrogen) atoms. The summed E-state index contributed by atoms with van der Waals surface area (Å²) in [6.07, 6.45) is 11.8. The molecule has 0 saturated carbocycles. The number of hydrogen-bond donors (Lipinski definition) is 0. The van der Waals surface area contributed by atoms with Crippen LogP contribution in [0, 0.1) is 19.8 Å². The summed E-state index contributed by atoms with van der Waals surface area (Å²) in [6, 6.07) is 6.73. The van der Waals surface area contributed by atoms with Crippen LogP contribution in [0.5, 0.6) is 0 Å². The number of para-hydroxylation sites is 1. The molecular formula is C23H32N4. The zero-order valence-electron chi connectivity index (χ0n) is 17.0. The molecule has 2 aromatic rings. The molecule has 2 atom stereocenters. The summed E-state index contributed by atoms with van der Waals surface area (Å²) in [5.74, 6) is 1.94. The van der Waals surface area contributed by atoms with E-state index in [1.54, 1.807) is 11.9 Å². The van der Waals surface area contributed by atoms with E-state index in [2.05, 4.69) is 59.7 Å². The standard InChI is InChI=1S/C23H32N4/c1-4-19-10-12-20(13-11-19)22(26-14-5-6-15-26)23-24-16-25-27(23)21-17(2)8-7-9-18(21)3/h7-9,12,16,19,22H,4-6,10-11,13-15H2,1-3H3. The van der Waals surface area contributed by atoms with Crippen molar-refractivity contribution in [3.05, 3.63) is 53.1 Å². The van der Waals surface area contributed by atoms with Crippen LogP contribution in [0.2, 0.25) is 0 Å². The van der Waals surface area contributed by atoms with Crippen molar-refractivity contribution < 1.29 is 0 Å². The van der Waals surface area contributed by atoms with Crippen LogP contribution < -0.4 is 0 Å². The van der Waals surface area contributed by atoms with Gasteiger partial charge in [0, 0.05) is 0 Å². The van der Waals surface area contributed by atoms with Crippen LogP contribution in [0.25, 0.3) is 5.69 Å². The lowest BCUT2D eigenvalue weighted by Crippen LogP contribution is -2.31. The van der Waals surface area contributed by atoms with Gasteiger partial charge in [0.1, 0.15) is 6.33 Å². The summed E-state index contributed by atoms with van der Waals surface area (Å²) >= 11 is 0. The fraction of sp³-hybridized carbons (Fsp3) is 0.565. The number of likely N-dealkylation sites (tertiary alicyclic amines) is 1. The maximum absolute atomic E-state index is 4.80. The van der Waals surface area contributed by atoms with Crippen molar-refractivity contribution in [2.24, 2.45) is 5.92 Å². The van der Waals surface area contributed by atoms with Crippen LogP contribution in [0.1, 0.15) is 68.4 Å². The van der Waals surface area contributed by atoms with Gasteiger partial charge in [-0.15, -0.1) is 0 Å². The van der Waals surface area contributed by atoms with Gasteiger partial charge in [-0.2, -0.15) is 5.10 Å². The highest BCUT2D eigenvalue weighted by Gasteiger charge is 2.32. The lowest BCUT2D eigenvalue weighted by molar-refractivity contribution is 0.252. The van der Waals surface area contributed by atoms with E-state index < -0.39 is 0 Å². The van der Waals surface area contributed by atoms with Gasteiger partial charge in [0.15, 0.2) is 5.82 Å². The van der Waals surface area contributed by atoms with Crippen molar-refractivity contribution in [3.8, 4) is 5.69 Å². The summed E-state index contributed by atoms with van der Waals surface area (Å²) in [5.41, 5.74) is 5.26. The first-order chi connectivity index (χ1) is 13.2. The van der Waals surface area contributed by atoms with E-state index in [1.807, 2.05) is 0 Å². The molecule has 1 fully saturated rings. The van der Waals surface area contributed by atoms with Crippen LogP contribution in [-0.2, 0) is 0 Å². The second-order valence-corrected chi connectivity index (χ2v) is 8.24. The van der Waals surface area contributed by atoms with Gasteiger partial charge in [0.05, 0.1) is 11.7 Å². The summed E-state index contributed by atoms with van der Waals surface area (Å²) in [4.78, 5) is 7.43. The fourth-order valence-corrected chi connectivity index (χ4v) is 4.84. The van der Waals surface area contributed by atoms with Gasteiger partial charge in [0.25, 0.3) is 0 Å². The monoisotopic (exact) mass is 364 g/mol. The topological polar surface area (TPSA) is 34.0 Å². The summed E-state index contributed by atoms with van der Waals surface area (Å²) < 4.78 is 2.11. The Labute approximate surface area is 163 Å². The predicted octanol–water partition coefficient (Wildman–Crippen LogP) is 5.16.